The summed E-state index contributed by atoms with van der Waals surface area (Å²) in [6.07, 6.45) is 8.39. The second kappa shape index (κ2) is 8.79. The van der Waals surface area contributed by atoms with Crippen LogP contribution in [0.1, 0.15) is 37.7 Å². The van der Waals surface area contributed by atoms with Gasteiger partial charge in [-0.3, -0.25) is 0 Å². The summed E-state index contributed by atoms with van der Waals surface area (Å²) in [6.45, 7) is 1.58. The molecule has 0 amide bonds. The van der Waals surface area contributed by atoms with Crippen molar-refractivity contribution in [1.29, 1.82) is 0 Å². The average molecular weight is 379 g/mol. The Labute approximate surface area is 154 Å². The van der Waals surface area contributed by atoms with Crippen LogP contribution in [0.2, 0.25) is 0 Å². The molecule has 1 heterocycles. The van der Waals surface area contributed by atoms with Crippen molar-refractivity contribution in [2.75, 3.05) is 26.3 Å². The molecule has 0 bridgehead atoms. The number of esters is 1. The number of rotatable bonds is 5. The molecule has 0 aromatic heterocycles. The van der Waals surface area contributed by atoms with E-state index in [0.29, 0.717) is 26.3 Å². The topological polar surface area (TPSA) is 72.9 Å². The SMILES string of the molecule is O=C(/C=C/c1ccc(S(=O)(=O)N2CCOCC2)cc1)OC1CCCCC1. The molecular formula is C19H25NO5S. The molecule has 142 valence electrons. The van der Waals surface area contributed by atoms with Crippen molar-refractivity contribution in [3.63, 3.8) is 0 Å². The first-order valence-electron chi connectivity index (χ1n) is 9.12. The third kappa shape index (κ3) is 4.93. The summed E-state index contributed by atoms with van der Waals surface area (Å²) in [6, 6.07) is 6.52. The zero-order chi connectivity index (χ0) is 18.4. The lowest BCUT2D eigenvalue weighted by atomic mass is 9.98. The van der Waals surface area contributed by atoms with Gasteiger partial charge in [0.1, 0.15) is 6.10 Å². The van der Waals surface area contributed by atoms with E-state index in [2.05, 4.69) is 0 Å². The van der Waals surface area contributed by atoms with Crippen LogP contribution in [0.3, 0.4) is 0 Å². The van der Waals surface area contributed by atoms with Crippen molar-refractivity contribution < 1.29 is 22.7 Å². The van der Waals surface area contributed by atoms with Gasteiger partial charge < -0.3 is 9.47 Å². The Morgan fingerprint density at radius 2 is 1.73 bits per heavy atom. The maximum Gasteiger partial charge on any atom is 0.331 e. The van der Waals surface area contributed by atoms with Crippen LogP contribution in [-0.4, -0.2) is 51.1 Å². The Hall–Kier alpha value is -1.70. The van der Waals surface area contributed by atoms with Gasteiger partial charge in [-0.2, -0.15) is 4.31 Å². The molecular weight excluding hydrogens is 354 g/mol. The zero-order valence-electron chi connectivity index (χ0n) is 14.8. The van der Waals surface area contributed by atoms with Crippen molar-refractivity contribution in [1.82, 2.24) is 4.31 Å². The van der Waals surface area contributed by atoms with E-state index < -0.39 is 10.0 Å². The summed E-state index contributed by atoms with van der Waals surface area (Å²) in [5, 5.41) is 0. The minimum absolute atomic E-state index is 0.0296. The van der Waals surface area contributed by atoms with Crippen molar-refractivity contribution >= 4 is 22.1 Å². The number of nitrogens with zero attached hydrogens (tertiary/aromatic N) is 1. The predicted octanol–water partition coefficient (Wildman–Crippen LogP) is 2.60. The van der Waals surface area contributed by atoms with Gasteiger partial charge >= 0.3 is 5.97 Å². The number of carbonyl (C=O) groups excluding carboxylic acids is 1. The van der Waals surface area contributed by atoms with Crippen LogP contribution in [0.4, 0.5) is 0 Å². The van der Waals surface area contributed by atoms with E-state index in [4.69, 9.17) is 9.47 Å². The van der Waals surface area contributed by atoms with Crippen molar-refractivity contribution in [3.8, 4) is 0 Å². The van der Waals surface area contributed by atoms with Crippen LogP contribution in [0.15, 0.2) is 35.2 Å². The summed E-state index contributed by atoms with van der Waals surface area (Å²) >= 11 is 0. The largest absolute Gasteiger partial charge is 0.459 e. The summed E-state index contributed by atoms with van der Waals surface area (Å²) in [5.41, 5.74) is 0.756. The van der Waals surface area contributed by atoms with E-state index in [1.807, 2.05) is 0 Å². The van der Waals surface area contributed by atoms with E-state index in [0.717, 1.165) is 31.2 Å². The first kappa shape index (κ1) is 19.1. The minimum Gasteiger partial charge on any atom is -0.459 e. The maximum absolute atomic E-state index is 12.6. The second-order valence-electron chi connectivity index (χ2n) is 6.62. The Morgan fingerprint density at radius 1 is 1.08 bits per heavy atom. The summed E-state index contributed by atoms with van der Waals surface area (Å²) in [4.78, 5) is 12.1. The molecule has 2 aliphatic rings. The minimum atomic E-state index is -3.49. The Bertz CT molecular complexity index is 730. The normalized spacial score (nSPS) is 20.3. The molecule has 1 aliphatic heterocycles. The lowest BCUT2D eigenvalue weighted by Crippen LogP contribution is -2.40. The molecule has 6 nitrogen and oxygen atoms in total. The Morgan fingerprint density at radius 3 is 2.38 bits per heavy atom. The highest BCUT2D eigenvalue weighted by molar-refractivity contribution is 7.89. The second-order valence-corrected chi connectivity index (χ2v) is 8.55. The molecule has 7 heteroatoms. The molecule has 1 aromatic rings. The fourth-order valence-electron chi connectivity index (χ4n) is 3.24. The summed E-state index contributed by atoms with van der Waals surface area (Å²) in [7, 11) is -3.49. The standard InChI is InChI=1S/C19H25NO5S/c21-19(25-17-4-2-1-3-5-17)11-8-16-6-9-18(10-7-16)26(22,23)20-12-14-24-15-13-20/h6-11,17H,1-5,12-15H2/b11-8+. The van der Waals surface area contributed by atoms with E-state index in [1.54, 1.807) is 30.3 Å². The van der Waals surface area contributed by atoms with Crippen molar-refractivity contribution in [3.05, 3.63) is 35.9 Å². The van der Waals surface area contributed by atoms with Crippen molar-refractivity contribution in [2.24, 2.45) is 0 Å². The van der Waals surface area contributed by atoms with Crippen molar-refractivity contribution in [2.45, 2.75) is 43.1 Å². The van der Waals surface area contributed by atoms with Crippen LogP contribution >= 0.6 is 0 Å². The van der Waals surface area contributed by atoms with E-state index >= 15 is 0 Å². The molecule has 1 saturated heterocycles. The average Bonchev–Trinajstić information content (AvgIpc) is 2.68. The number of sulfonamides is 1. The van der Waals surface area contributed by atoms with Gasteiger partial charge in [0.15, 0.2) is 0 Å². The fourth-order valence-corrected chi connectivity index (χ4v) is 4.65. The molecule has 3 rings (SSSR count). The first-order valence-corrected chi connectivity index (χ1v) is 10.6. The molecule has 2 fully saturated rings. The number of carbonyl (C=O) groups is 1. The lowest BCUT2D eigenvalue weighted by molar-refractivity contribution is -0.144. The number of morpholine rings is 1. The van der Waals surface area contributed by atoms with Gasteiger partial charge in [-0.1, -0.05) is 18.6 Å². The number of benzene rings is 1. The van der Waals surface area contributed by atoms with Gasteiger partial charge in [0, 0.05) is 19.2 Å². The first-order chi connectivity index (χ1) is 12.6. The molecule has 0 spiro atoms. The zero-order valence-corrected chi connectivity index (χ0v) is 15.6. The van der Waals surface area contributed by atoms with Gasteiger partial charge in [0.25, 0.3) is 0 Å². The number of hydrogen-bond acceptors (Lipinski definition) is 5. The molecule has 0 radical (unpaired) electrons. The molecule has 1 aromatic carbocycles. The number of hydrogen-bond donors (Lipinski definition) is 0. The van der Waals surface area contributed by atoms with Gasteiger partial charge in [0.2, 0.25) is 10.0 Å². The number of ether oxygens (including phenoxy) is 2. The van der Waals surface area contributed by atoms with E-state index in [9.17, 15) is 13.2 Å². The van der Waals surface area contributed by atoms with Crippen LogP contribution < -0.4 is 0 Å². The predicted molar refractivity (Wildman–Crippen MR) is 98.0 cm³/mol. The molecule has 0 unspecified atom stereocenters. The highest BCUT2D eigenvalue weighted by Gasteiger charge is 2.26. The highest BCUT2D eigenvalue weighted by atomic mass is 32.2. The van der Waals surface area contributed by atoms with Crippen LogP contribution in [0.5, 0.6) is 0 Å². The van der Waals surface area contributed by atoms with Gasteiger partial charge in [0.05, 0.1) is 18.1 Å². The van der Waals surface area contributed by atoms with E-state index in [1.165, 1.54) is 16.8 Å². The highest BCUT2D eigenvalue weighted by Crippen LogP contribution is 2.21. The molecule has 1 saturated carbocycles. The van der Waals surface area contributed by atoms with Crippen LogP contribution in [0, 0.1) is 0 Å². The van der Waals surface area contributed by atoms with Gasteiger partial charge in [-0.05, 0) is 49.5 Å². The summed E-state index contributed by atoms with van der Waals surface area (Å²) in [5.74, 6) is -0.345. The lowest BCUT2D eigenvalue weighted by Gasteiger charge is -2.26. The van der Waals surface area contributed by atoms with Crippen LogP contribution in [0.25, 0.3) is 6.08 Å². The van der Waals surface area contributed by atoms with Gasteiger partial charge in [-0.15, -0.1) is 0 Å². The van der Waals surface area contributed by atoms with Crippen LogP contribution in [-0.2, 0) is 24.3 Å². The smallest absolute Gasteiger partial charge is 0.331 e. The fraction of sp³-hybridized carbons (Fsp3) is 0.526. The van der Waals surface area contributed by atoms with E-state index in [-0.39, 0.29) is 17.0 Å². The van der Waals surface area contributed by atoms with Gasteiger partial charge in [-0.25, -0.2) is 13.2 Å². The quantitative estimate of drug-likeness (QED) is 0.581. The monoisotopic (exact) mass is 379 g/mol. The molecule has 26 heavy (non-hydrogen) atoms. The Kier molecular flexibility index (Phi) is 6.45. The maximum atomic E-state index is 12.6. The third-order valence-corrected chi connectivity index (χ3v) is 6.65. The third-order valence-electron chi connectivity index (χ3n) is 4.73. The molecule has 0 atom stereocenters. The molecule has 0 N–H and O–H groups in total. The Balaban J connectivity index is 1.59. The molecule has 1 aliphatic carbocycles. The summed E-state index contributed by atoms with van der Waals surface area (Å²) < 4.78 is 37.2.